The smallest absolute Gasteiger partial charge is 0.137 e. The molecule has 0 atom stereocenters. The SMILES string of the molecule is COc1ccc(N2CCC(O)CC2)nc1. The first-order valence-corrected chi connectivity index (χ1v) is 5.22. The third-order valence-electron chi connectivity index (χ3n) is 2.74. The second-order valence-electron chi connectivity index (χ2n) is 3.77. The van der Waals surface area contributed by atoms with E-state index in [9.17, 15) is 5.11 Å². The number of aliphatic hydroxyl groups is 1. The first-order chi connectivity index (χ1) is 7.29. The molecule has 2 rings (SSSR count). The average molecular weight is 208 g/mol. The molecular weight excluding hydrogens is 192 g/mol. The zero-order chi connectivity index (χ0) is 10.7. The van der Waals surface area contributed by atoms with Gasteiger partial charge in [0.15, 0.2) is 0 Å². The molecule has 1 aromatic heterocycles. The van der Waals surface area contributed by atoms with E-state index in [1.54, 1.807) is 13.3 Å². The van der Waals surface area contributed by atoms with Crippen LogP contribution in [0.4, 0.5) is 5.82 Å². The number of rotatable bonds is 2. The minimum absolute atomic E-state index is 0.139. The average Bonchev–Trinajstić information content (AvgIpc) is 2.30. The highest BCUT2D eigenvalue weighted by Crippen LogP contribution is 2.19. The number of hydrogen-bond donors (Lipinski definition) is 1. The van der Waals surface area contributed by atoms with Gasteiger partial charge in [0, 0.05) is 13.1 Å². The van der Waals surface area contributed by atoms with Crippen LogP contribution in [0.2, 0.25) is 0 Å². The van der Waals surface area contributed by atoms with Gasteiger partial charge in [-0.05, 0) is 25.0 Å². The zero-order valence-electron chi connectivity index (χ0n) is 8.89. The summed E-state index contributed by atoms with van der Waals surface area (Å²) in [6.45, 7) is 1.75. The Morgan fingerprint density at radius 1 is 1.40 bits per heavy atom. The van der Waals surface area contributed by atoms with Crippen molar-refractivity contribution in [2.75, 3.05) is 25.1 Å². The van der Waals surface area contributed by atoms with Gasteiger partial charge >= 0.3 is 0 Å². The standard InChI is InChI=1S/C11H16N2O2/c1-15-10-2-3-11(12-8-10)13-6-4-9(14)5-7-13/h2-3,8-9,14H,4-7H2,1H3. The lowest BCUT2D eigenvalue weighted by Crippen LogP contribution is -2.36. The van der Waals surface area contributed by atoms with E-state index in [2.05, 4.69) is 9.88 Å². The number of piperidine rings is 1. The lowest BCUT2D eigenvalue weighted by Gasteiger charge is -2.30. The Kier molecular flexibility index (Phi) is 3.06. The van der Waals surface area contributed by atoms with E-state index in [0.29, 0.717) is 0 Å². The van der Waals surface area contributed by atoms with Crippen molar-refractivity contribution in [2.24, 2.45) is 0 Å². The summed E-state index contributed by atoms with van der Waals surface area (Å²) in [5.41, 5.74) is 0. The van der Waals surface area contributed by atoms with Gasteiger partial charge in [0.05, 0.1) is 19.4 Å². The Labute approximate surface area is 89.5 Å². The predicted octanol–water partition coefficient (Wildman–Crippen LogP) is 1.05. The van der Waals surface area contributed by atoms with Crippen LogP contribution in [0.1, 0.15) is 12.8 Å². The summed E-state index contributed by atoms with van der Waals surface area (Å²) in [5, 5.41) is 9.39. The van der Waals surface area contributed by atoms with Crippen LogP contribution in [0.3, 0.4) is 0 Å². The number of aromatic nitrogens is 1. The summed E-state index contributed by atoms with van der Waals surface area (Å²) in [5.74, 6) is 1.73. The summed E-state index contributed by atoms with van der Waals surface area (Å²) in [6.07, 6.45) is 3.24. The first-order valence-electron chi connectivity index (χ1n) is 5.22. The van der Waals surface area contributed by atoms with E-state index in [-0.39, 0.29) is 6.10 Å². The van der Waals surface area contributed by atoms with E-state index < -0.39 is 0 Å². The molecule has 0 unspecified atom stereocenters. The lowest BCUT2D eigenvalue weighted by atomic mass is 10.1. The van der Waals surface area contributed by atoms with Crippen molar-refractivity contribution in [3.05, 3.63) is 18.3 Å². The summed E-state index contributed by atoms with van der Waals surface area (Å²) < 4.78 is 5.05. The molecule has 0 amide bonds. The molecule has 4 nitrogen and oxygen atoms in total. The highest BCUT2D eigenvalue weighted by Gasteiger charge is 2.17. The van der Waals surface area contributed by atoms with E-state index in [4.69, 9.17) is 4.74 Å². The van der Waals surface area contributed by atoms with E-state index in [1.807, 2.05) is 12.1 Å². The maximum Gasteiger partial charge on any atom is 0.137 e. The van der Waals surface area contributed by atoms with Gasteiger partial charge in [-0.2, -0.15) is 0 Å². The van der Waals surface area contributed by atoms with E-state index in [0.717, 1.165) is 37.5 Å². The zero-order valence-corrected chi connectivity index (χ0v) is 8.89. The molecule has 4 heteroatoms. The van der Waals surface area contributed by atoms with Gasteiger partial charge in [0.2, 0.25) is 0 Å². The minimum atomic E-state index is -0.139. The van der Waals surface area contributed by atoms with Crippen LogP contribution >= 0.6 is 0 Å². The molecule has 0 aliphatic carbocycles. The predicted molar refractivity (Wildman–Crippen MR) is 58.2 cm³/mol. The summed E-state index contributed by atoms with van der Waals surface area (Å²) >= 11 is 0. The second-order valence-corrected chi connectivity index (χ2v) is 3.77. The fraction of sp³-hybridized carbons (Fsp3) is 0.545. The van der Waals surface area contributed by atoms with E-state index in [1.165, 1.54) is 0 Å². The number of hydrogen-bond acceptors (Lipinski definition) is 4. The second kappa shape index (κ2) is 4.49. The molecule has 0 spiro atoms. The van der Waals surface area contributed by atoms with Crippen molar-refractivity contribution in [3.8, 4) is 5.75 Å². The number of anilines is 1. The normalized spacial score (nSPS) is 17.9. The maximum atomic E-state index is 9.39. The Hall–Kier alpha value is -1.29. The van der Waals surface area contributed by atoms with Crippen LogP contribution in [0.5, 0.6) is 5.75 Å². The number of aliphatic hydroxyl groups excluding tert-OH is 1. The third kappa shape index (κ3) is 2.39. The Morgan fingerprint density at radius 2 is 2.13 bits per heavy atom. The molecule has 15 heavy (non-hydrogen) atoms. The van der Waals surface area contributed by atoms with Gasteiger partial charge in [-0.3, -0.25) is 0 Å². The molecule has 1 N–H and O–H groups in total. The van der Waals surface area contributed by atoms with Crippen molar-refractivity contribution < 1.29 is 9.84 Å². The summed E-state index contributed by atoms with van der Waals surface area (Å²) in [6, 6.07) is 3.86. The maximum absolute atomic E-state index is 9.39. The monoisotopic (exact) mass is 208 g/mol. The molecule has 82 valence electrons. The van der Waals surface area contributed by atoms with Crippen molar-refractivity contribution in [2.45, 2.75) is 18.9 Å². The fourth-order valence-electron chi connectivity index (χ4n) is 1.78. The summed E-state index contributed by atoms with van der Waals surface area (Å²) in [7, 11) is 1.63. The van der Waals surface area contributed by atoms with Crippen molar-refractivity contribution >= 4 is 5.82 Å². The molecule has 0 saturated carbocycles. The van der Waals surface area contributed by atoms with Crippen LogP contribution in [-0.2, 0) is 0 Å². The van der Waals surface area contributed by atoms with Crippen LogP contribution in [-0.4, -0.2) is 36.4 Å². The summed E-state index contributed by atoms with van der Waals surface area (Å²) in [4.78, 5) is 6.50. The molecule has 1 fully saturated rings. The van der Waals surface area contributed by atoms with E-state index >= 15 is 0 Å². The molecule has 1 saturated heterocycles. The molecular formula is C11H16N2O2. The van der Waals surface area contributed by atoms with Crippen LogP contribution in [0.15, 0.2) is 18.3 Å². The molecule has 1 aromatic rings. The number of methoxy groups -OCH3 is 1. The number of pyridine rings is 1. The molecule has 0 bridgehead atoms. The largest absolute Gasteiger partial charge is 0.495 e. The van der Waals surface area contributed by atoms with Gasteiger partial charge < -0.3 is 14.7 Å². The highest BCUT2D eigenvalue weighted by atomic mass is 16.5. The van der Waals surface area contributed by atoms with Crippen molar-refractivity contribution in [1.82, 2.24) is 4.98 Å². The van der Waals surface area contributed by atoms with Crippen molar-refractivity contribution in [1.29, 1.82) is 0 Å². The topological polar surface area (TPSA) is 45.6 Å². The Bertz CT molecular complexity index is 305. The van der Waals surface area contributed by atoms with Gasteiger partial charge in [-0.25, -0.2) is 4.98 Å². The van der Waals surface area contributed by atoms with Gasteiger partial charge in [-0.15, -0.1) is 0 Å². The van der Waals surface area contributed by atoms with Crippen molar-refractivity contribution in [3.63, 3.8) is 0 Å². The number of nitrogens with zero attached hydrogens (tertiary/aromatic N) is 2. The minimum Gasteiger partial charge on any atom is -0.495 e. The fourth-order valence-corrected chi connectivity index (χ4v) is 1.78. The third-order valence-corrected chi connectivity index (χ3v) is 2.74. The van der Waals surface area contributed by atoms with Gasteiger partial charge in [0.1, 0.15) is 11.6 Å². The van der Waals surface area contributed by atoms with Crippen LogP contribution < -0.4 is 9.64 Å². The lowest BCUT2D eigenvalue weighted by molar-refractivity contribution is 0.145. The van der Waals surface area contributed by atoms with Gasteiger partial charge in [-0.1, -0.05) is 0 Å². The van der Waals surface area contributed by atoms with Gasteiger partial charge in [0.25, 0.3) is 0 Å². The Balaban J connectivity index is 2.03. The number of ether oxygens (including phenoxy) is 1. The van der Waals surface area contributed by atoms with Crippen LogP contribution in [0.25, 0.3) is 0 Å². The molecule has 1 aliphatic rings. The van der Waals surface area contributed by atoms with Crippen LogP contribution in [0, 0.1) is 0 Å². The molecule has 0 aromatic carbocycles. The molecule has 1 aliphatic heterocycles. The first kappa shape index (κ1) is 10.2. The molecule has 0 radical (unpaired) electrons. The highest BCUT2D eigenvalue weighted by molar-refractivity contribution is 5.41. The quantitative estimate of drug-likeness (QED) is 0.789. The molecule has 2 heterocycles. The Morgan fingerprint density at radius 3 is 2.67 bits per heavy atom.